The quantitative estimate of drug-likeness (QED) is 0.770. The van der Waals surface area contributed by atoms with Crippen LogP contribution in [0.1, 0.15) is 51.8 Å². The summed E-state index contributed by atoms with van der Waals surface area (Å²) < 4.78 is 0. The Balaban J connectivity index is 1.79. The summed E-state index contributed by atoms with van der Waals surface area (Å²) in [6.45, 7) is 9.14. The molecule has 1 atom stereocenters. The number of hydrogen-bond donors (Lipinski definition) is 0. The normalized spacial score (nSPS) is 24.0. The van der Waals surface area contributed by atoms with Crippen molar-refractivity contribution in [3.63, 3.8) is 0 Å². The Labute approximate surface area is 120 Å². The van der Waals surface area contributed by atoms with Gasteiger partial charge in [0.1, 0.15) is 16.8 Å². The summed E-state index contributed by atoms with van der Waals surface area (Å²) in [6, 6.07) is 1.92. The highest BCUT2D eigenvalue weighted by Crippen LogP contribution is 2.40. The van der Waals surface area contributed by atoms with Crippen LogP contribution >= 0.6 is 11.6 Å². The number of hydrogen-bond acceptors (Lipinski definition) is 3. The molecule has 104 valence electrons. The Morgan fingerprint density at radius 3 is 2.53 bits per heavy atom. The average molecular weight is 280 g/mol. The van der Waals surface area contributed by atoms with E-state index in [0.717, 1.165) is 30.6 Å². The summed E-state index contributed by atoms with van der Waals surface area (Å²) in [7, 11) is 0. The molecule has 1 aromatic rings. The van der Waals surface area contributed by atoms with Crippen LogP contribution in [0.2, 0.25) is 5.15 Å². The van der Waals surface area contributed by atoms with Crippen LogP contribution in [-0.2, 0) is 0 Å². The first-order valence-corrected chi connectivity index (χ1v) is 7.61. The van der Waals surface area contributed by atoms with Gasteiger partial charge in [-0.2, -0.15) is 0 Å². The van der Waals surface area contributed by atoms with Gasteiger partial charge in [-0.1, -0.05) is 32.4 Å². The molecule has 0 N–H and O–H groups in total. The topological polar surface area (TPSA) is 29.0 Å². The van der Waals surface area contributed by atoms with Crippen LogP contribution in [0.4, 0.5) is 5.82 Å². The molecule has 2 fully saturated rings. The fourth-order valence-corrected chi connectivity index (χ4v) is 2.97. The molecule has 1 aliphatic heterocycles. The fraction of sp³-hybridized carbons (Fsp3) is 0.733. The minimum Gasteiger partial charge on any atom is -0.356 e. The molecule has 1 saturated heterocycles. The van der Waals surface area contributed by atoms with E-state index in [2.05, 4.69) is 30.7 Å². The Hall–Kier alpha value is -0.830. The van der Waals surface area contributed by atoms with Crippen LogP contribution < -0.4 is 4.90 Å². The first-order valence-electron chi connectivity index (χ1n) is 7.23. The molecule has 1 unspecified atom stereocenters. The molecule has 1 aliphatic carbocycles. The van der Waals surface area contributed by atoms with E-state index in [-0.39, 0.29) is 0 Å². The molecular weight excluding hydrogens is 258 g/mol. The summed E-state index contributed by atoms with van der Waals surface area (Å²) in [6.07, 6.45) is 3.67. The standard InChI is InChI=1S/C15H22ClN3/c1-15(2,3)11-6-7-19(9-11)13-8-12(16)17-14(18-13)10-4-5-10/h8,10-11H,4-7,9H2,1-3H3. The van der Waals surface area contributed by atoms with Crippen molar-refractivity contribution in [3.8, 4) is 0 Å². The molecule has 0 aromatic carbocycles. The number of halogens is 1. The van der Waals surface area contributed by atoms with E-state index in [1.807, 2.05) is 6.07 Å². The molecule has 3 rings (SSSR count). The second-order valence-electron chi connectivity index (χ2n) is 6.98. The maximum absolute atomic E-state index is 6.15. The second kappa shape index (κ2) is 4.62. The smallest absolute Gasteiger partial charge is 0.135 e. The van der Waals surface area contributed by atoms with Crippen molar-refractivity contribution in [3.05, 3.63) is 17.0 Å². The SMILES string of the molecule is CC(C)(C)C1CCN(c2cc(Cl)nc(C3CC3)n2)C1. The van der Waals surface area contributed by atoms with Crippen molar-refractivity contribution in [1.82, 2.24) is 9.97 Å². The lowest BCUT2D eigenvalue weighted by Gasteiger charge is -2.27. The summed E-state index contributed by atoms with van der Waals surface area (Å²) in [4.78, 5) is 11.5. The average Bonchev–Trinajstić information content (AvgIpc) is 3.03. The van der Waals surface area contributed by atoms with Gasteiger partial charge in [-0.25, -0.2) is 9.97 Å². The van der Waals surface area contributed by atoms with Crippen LogP contribution in [0.25, 0.3) is 0 Å². The van der Waals surface area contributed by atoms with Crippen LogP contribution in [0.3, 0.4) is 0 Å². The zero-order valence-corrected chi connectivity index (χ0v) is 12.7. The summed E-state index contributed by atoms with van der Waals surface area (Å²) in [5.74, 6) is 3.25. The van der Waals surface area contributed by atoms with Crippen LogP contribution in [0.5, 0.6) is 0 Å². The van der Waals surface area contributed by atoms with E-state index >= 15 is 0 Å². The summed E-state index contributed by atoms with van der Waals surface area (Å²) in [5.41, 5.74) is 0.366. The van der Waals surface area contributed by atoms with Gasteiger partial charge in [0.05, 0.1) is 0 Å². The molecule has 3 nitrogen and oxygen atoms in total. The Morgan fingerprint density at radius 2 is 1.95 bits per heavy atom. The first-order chi connectivity index (χ1) is 8.93. The van der Waals surface area contributed by atoms with Crippen molar-refractivity contribution in [1.29, 1.82) is 0 Å². The lowest BCUT2D eigenvalue weighted by molar-refractivity contribution is 0.263. The zero-order chi connectivity index (χ0) is 13.6. The van der Waals surface area contributed by atoms with Gasteiger partial charge in [0, 0.05) is 25.1 Å². The van der Waals surface area contributed by atoms with Gasteiger partial charge in [-0.15, -0.1) is 0 Å². The summed E-state index contributed by atoms with van der Waals surface area (Å²) >= 11 is 6.15. The predicted octanol–water partition coefficient (Wildman–Crippen LogP) is 3.88. The van der Waals surface area contributed by atoms with Gasteiger partial charge in [0.2, 0.25) is 0 Å². The molecule has 0 radical (unpaired) electrons. The van der Waals surface area contributed by atoms with Gasteiger partial charge in [-0.3, -0.25) is 0 Å². The number of nitrogens with zero attached hydrogens (tertiary/aromatic N) is 3. The Bertz CT molecular complexity index is 477. The fourth-order valence-electron chi connectivity index (χ4n) is 2.78. The van der Waals surface area contributed by atoms with Gasteiger partial charge < -0.3 is 4.90 Å². The van der Waals surface area contributed by atoms with E-state index in [0.29, 0.717) is 16.5 Å². The maximum atomic E-state index is 6.15. The molecule has 4 heteroatoms. The molecule has 19 heavy (non-hydrogen) atoms. The molecule has 1 aromatic heterocycles. The molecule has 2 heterocycles. The number of rotatable bonds is 2. The van der Waals surface area contributed by atoms with E-state index in [1.165, 1.54) is 19.3 Å². The molecule has 0 bridgehead atoms. The second-order valence-corrected chi connectivity index (χ2v) is 7.37. The predicted molar refractivity (Wildman–Crippen MR) is 78.8 cm³/mol. The molecular formula is C15H22ClN3. The minimum atomic E-state index is 0.366. The first kappa shape index (κ1) is 13.2. The van der Waals surface area contributed by atoms with E-state index in [1.54, 1.807) is 0 Å². The van der Waals surface area contributed by atoms with Crippen LogP contribution in [0.15, 0.2) is 6.07 Å². The number of anilines is 1. The third-order valence-electron chi connectivity index (χ3n) is 4.38. The molecule has 0 spiro atoms. The minimum absolute atomic E-state index is 0.366. The lowest BCUT2D eigenvalue weighted by atomic mass is 9.80. The molecule has 2 aliphatic rings. The van der Waals surface area contributed by atoms with Crippen molar-refractivity contribution >= 4 is 17.4 Å². The third kappa shape index (κ3) is 2.86. The highest BCUT2D eigenvalue weighted by atomic mass is 35.5. The summed E-state index contributed by atoms with van der Waals surface area (Å²) in [5, 5.41) is 0.589. The Morgan fingerprint density at radius 1 is 1.21 bits per heavy atom. The monoisotopic (exact) mass is 279 g/mol. The van der Waals surface area contributed by atoms with Gasteiger partial charge in [0.15, 0.2) is 0 Å². The lowest BCUT2D eigenvalue weighted by Crippen LogP contribution is -2.26. The van der Waals surface area contributed by atoms with Crippen molar-refractivity contribution < 1.29 is 0 Å². The van der Waals surface area contributed by atoms with Gasteiger partial charge in [-0.05, 0) is 30.6 Å². The van der Waals surface area contributed by atoms with Crippen molar-refractivity contribution in [2.45, 2.75) is 46.0 Å². The van der Waals surface area contributed by atoms with Gasteiger partial charge >= 0.3 is 0 Å². The van der Waals surface area contributed by atoms with Gasteiger partial charge in [0.25, 0.3) is 0 Å². The van der Waals surface area contributed by atoms with Crippen molar-refractivity contribution in [2.75, 3.05) is 18.0 Å². The van der Waals surface area contributed by atoms with E-state index in [4.69, 9.17) is 16.6 Å². The largest absolute Gasteiger partial charge is 0.356 e. The van der Waals surface area contributed by atoms with E-state index < -0.39 is 0 Å². The maximum Gasteiger partial charge on any atom is 0.135 e. The van der Waals surface area contributed by atoms with Crippen LogP contribution in [-0.4, -0.2) is 23.1 Å². The third-order valence-corrected chi connectivity index (χ3v) is 4.57. The molecule has 1 saturated carbocycles. The highest BCUT2D eigenvalue weighted by molar-refractivity contribution is 6.29. The Kier molecular flexibility index (Phi) is 3.20. The highest BCUT2D eigenvalue weighted by Gasteiger charge is 2.33. The van der Waals surface area contributed by atoms with Crippen molar-refractivity contribution in [2.24, 2.45) is 11.3 Å². The van der Waals surface area contributed by atoms with E-state index in [9.17, 15) is 0 Å². The number of aromatic nitrogens is 2. The zero-order valence-electron chi connectivity index (χ0n) is 12.0. The molecule has 0 amide bonds. The van der Waals surface area contributed by atoms with Crippen LogP contribution in [0, 0.1) is 11.3 Å².